The van der Waals surface area contributed by atoms with E-state index in [1.807, 2.05) is 0 Å². The number of unbranched alkanes of at least 4 members (excludes halogenated alkanes) is 1. The number of rotatable bonds is 9. The Hall–Kier alpha value is -1.59. The quantitative estimate of drug-likeness (QED) is 0.566. The summed E-state index contributed by atoms with van der Waals surface area (Å²) in [5.74, 6) is -0.637. The van der Waals surface area contributed by atoms with Crippen molar-refractivity contribution in [3.63, 3.8) is 0 Å². The van der Waals surface area contributed by atoms with Crippen LogP contribution in [0.4, 0.5) is 0 Å². The molecule has 6 nitrogen and oxygen atoms in total. The normalized spacial score (nSPS) is 16.8. The van der Waals surface area contributed by atoms with E-state index in [0.29, 0.717) is 31.7 Å². The van der Waals surface area contributed by atoms with Crippen LogP contribution in [0.25, 0.3) is 0 Å². The molecule has 1 aliphatic rings. The van der Waals surface area contributed by atoms with Crippen molar-refractivity contribution < 1.29 is 19.5 Å². The van der Waals surface area contributed by atoms with Crippen molar-refractivity contribution in [1.29, 1.82) is 0 Å². The number of carboxylic acids is 1. The summed E-state index contributed by atoms with van der Waals surface area (Å²) in [5, 5.41) is 14.0. The van der Waals surface area contributed by atoms with Crippen LogP contribution in [0, 0.1) is 5.92 Å². The highest BCUT2D eigenvalue weighted by Gasteiger charge is 2.20. The summed E-state index contributed by atoms with van der Waals surface area (Å²) in [6, 6.07) is -0.546. The van der Waals surface area contributed by atoms with Gasteiger partial charge in [-0.05, 0) is 38.5 Å². The van der Waals surface area contributed by atoms with Crippen LogP contribution in [0.15, 0.2) is 0 Å². The highest BCUT2D eigenvalue weighted by Crippen LogP contribution is 2.26. The number of nitrogens with one attached hydrogen (secondary N) is 2. The molecule has 0 radical (unpaired) electrons. The van der Waals surface area contributed by atoms with E-state index in [2.05, 4.69) is 10.6 Å². The molecule has 0 saturated heterocycles. The third kappa shape index (κ3) is 8.00. The molecule has 1 saturated carbocycles. The molecule has 3 N–H and O–H groups in total. The fourth-order valence-corrected chi connectivity index (χ4v) is 2.79. The molecule has 1 rings (SSSR count). The van der Waals surface area contributed by atoms with Crippen LogP contribution < -0.4 is 10.6 Å². The topological polar surface area (TPSA) is 95.5 Å². The number of carbonyl (C=O) groups excluding carboxylic acids is 2. The third-order valence-corrected chi connectivity index (χ3v) is 4.09. The van der Waals surface area contributed by atoms with Crippen molar-refractivity contribution in [2.24, 2.45) is 5.92 Å². The zero-order valence-corrected chi connectivity index (χ0v) is 13.4. The minimum absolute atomic E-state index is 0.0552. The second-order valence-electron chi connectivity index (χ2n) is 6.14. The van der Waals surface area contributed by atoms with Crippen molar-refractivity contribution in [3.8, 4) is 0 Å². The molecule has 22 heavy (non-hydrogen) atoms. The number of amides is 2. The summed E-state index contributed by atoms with van der Waals surface area (Å²) in [4.78, 5) is 34.1. The lowest BCUT2D eigenvalue weighted by Gasteiger charge is -2.22. The first-order valence-corrected chi connectivity index (χ1v) is 8.28. The molecule has 1 unspecified atom stereocenters. The maximum atomic E-state index is 11.9. The van der Waals surface area contributed by atoms with Crippen LogP contribution in [-0.4, -0.2) is 35.5 Å². The number of hydrogen-bond acceptors (Lipinski definition) is 3. The van der Waals surface area contributed by atoms with E-state index in [4.69, 9.17) is 5.11 Å². The predicted molar refractivity (Wildman–Crippen MR) is 83.3 cm³/mol. The molecule has 1 atom stereocenters. The van der Waals surface area contributed by atoms with E-state index in [1.165, 1.54) is 19.3 Å². The van der Waals surface area contributed by atoms with Gasteiger partial charge in [0.1, 0.15) is 6.04 Å². The van der Waals surface area contributed by atoms with Gasteiger partial charge in [-0.1, -0.05) is 19.3 Å². The zero-order chi connectivity index (χ0) is 16.4. The largest absolute Gasteiger partial charge is 0.481 e. The van der Waals surface area contributed by atoms with Crippen LogP contribution >= 0.6 is 0 Å². The smallest absolute Gasteiger partial charge is 0.303 e. The molecule has 0 bridgehead atoms. The van der Waals surface area contributed by atoms with Gasteiger partial charge in [0.05, 0.1) is 0 Å². The van der Waals surface area contributed by atoms with E-state index in [9.17, 15) is 14.4 Å². The zero-order valence-electron chi connectivity index (χ0n) is 13.4. The minimum Gasteiger partial charge on any atom is -0.481 e. The van der Waals surface area contributed by atoms with E-state index in [0.717, 1.165) is 12.8 Å². The summed E-state index contributed by atoms with van der Waals surface area (Å²) in [5.41, 5.74) is 0. The molecule has 1 aliphatic carbocycles. The lowest BCUT2D eigenvalue weighted by atomic mass is 9.87. The molecule has 0 heterocycles. The van der Waals surface area contributed by atoms with Crippen LogP contribution in [-0.2, 0) is 14.4 Å². The van der Waals surface area contributed by atoms with Gasteiger partial charge >= 0.3 is 5.97 Å². The first-order chi connectivity index (χ1) is 10.5. The molecule has 126 valence electrons. The Kier molecular flexibility index (Phi) is 8.55. The maximum absolute atomic E-state index is 11.9. The molecular weight excluding hydrogens is 284 g/mol. The van der Waals surface area contributed by atoms with Crippen molar-refractivity contribution in [3.05, 3.63) is 0 Å². The highest BCUT2D eigenvalue weighted by atomic mass is 16.4. The third-order valence-electron chi connectivity index (χ3n) is 4.09. The van der Waals surface area contributed by atoms with Gasteiger partial charge in [-0.3, -0.25) is 14.4 Å². The van der Waals surface area contributed by atoms with Crippen LogP contribution in [0.1, 0.15) is 64.7 Å². The van der Waals surface area contributed by atoms with Gasteiger partial charge in [-0.2, -0.15) is 0 Å². The van der Waals surface area contributed by atoms with E-state index < -0.39 is 12.0 Å². The summed E-state index contributed by atoms with van der Waals surface area (Å²) in [6.45, 7) is 2.11. The molecule has 6 heteroatoms. The van der Waals surface area contributed by atoms with Crippen molar-refractivity contribution in [1.82, 2.24) is 10.6 Å². The summed E-state index contributed by atoms with van der Waals surface area (Å²) in [6.07, 6.45) is 7.67. The van der Waals surface area contributed by atoms with Crippen molar-refractivity contribution in [2.45, 2.75) is 70.8 Å². The molecule has 2 amide bonds. The Balaban J connectivity index is 2.14. The average Bonchev–Trinajstić information content (AvgIpc) is 2.47. The van der Waals surface area contributed by atoms with Gasteiger partial charge in [0, 0.05) is 19.4 Å². The fraction of sp³-hybridized carbons (Fsp3) is 0.812. The SMILES string of the molecule is CC(NC(=O)CC1CCCCC1)C(=O)NCCCCC(=O)O. The van der Waals surface area contributed by atoms with Crippen molar-refractivity contribution in [2.75, 3.05) is 6.54 Å². The van der Waals surface area contributed by atoms with Gasteiger partial charge in [0.15, 0.2) is 0 Å². The Bertz CT molecular complexity index is 378. The van der Waals surface area contributed by atoms with E-state index in [1.54, 1.807) is 6.92 Å². The standard InChI is InChI=1S/C16H28N2O4/c1-12(16(22)17-10-6-5-9-15(20)21)18-14(19)11-13-7-3-2-4-8-13/h12-13H,2-11H2,1H3,(H,17,22)(H,18,19)(H,20,21). The first kappa shape index (κ1) is 18.5. The minimum atomic E-state index is -0.824. The number of carboxylic acid groups (broad SMARTS) is 1. The number of hydrogen-bond donors (Lipinski definition) is 3. The second-order valence-corrected chi connectivity index (χ2v) is 6.14. The predicted octanol–water partition coefficient (Wildman–Crippen LogP) is 1.83. The Morgan fingerprint density at radius 2 is 1.82 bits per heavy atom. The summed E-state index contributed by atoms with van der Waals surface area (Å²) >= 11 is 0. The second kappa shape index (κ2) is 10.2. The lowest BCUT2D eigenvalue weighted by molar-refractivity contribution is -0.137. The van der Waals surface area contributed by atoms with Crippen LogP contribution in [0.2, 0.25) is 0 Å². The molecular formula is C16H28N2O4. The van der Waals surface area contributed by atoms with E-state index >= 15 is 0 Å². The van der Waals surface area contributed by atoms with E-state index in [-0.39, 0.29) is 18.2 Å². The highest BCUT2D eigenvalue weighted by molar-refractivity contribution is 5.87. The van der Waals surface area contributed by atoms with Gasteiger partial charge in [0.2, 0.25) is 11.8 Å². The Morgan fingerprint density at radius 1 is 1.14 bits per heavy atom. The Labute approximate surface area is 132 Å². The summed E-state index contributed by atoms with van der Waals surface area (Å²) < 4.78 is 0. The monoisotopic (exact) mass is 312 g/mol. The molecule has 0 aromatic heterocycles. The van der Waals surface area contributed by atoms with Gasteiger partial charge in [0.25, 0.3) is 0 Å². The number of aliphatic carboxylic acids is 1. The number of carbonyl (C=O) groups is 3. The van der Waals surface area contributed by atoms with Gasteiger partial charge in [-0.25, -0.2) is 0 Å². The van der Waals surface area contributed by atoms with Gasteiger partial charge in [-0.15, -0.1) is 0 Å². The molecule has 0 spiro atoms. The maximum Gasteiger partial charge on any atom is 0.303 e. The molecule has 0 aliphatic heterocycles. The molecule has 0 aromatic rings. The van der Waals surface area contributed by atoms with Crippen LogP contribution in [0.3, 0.4) is 0 Å². The summed E-state index contributed by atoms with van der Waals surface area (Å²) in [7, 11) is 0. The Morgan fingerprint density at radius 3 is 2.45 bits per heavy atom. The first-order valence-electron chi connectivity index (χ1n) is 8.28. The lowest BCUT2D eigenvalue weighted by Crippen LogP contribution is -2.45. The average molecular weight is 312 g/mol. The van der Waals surface area contributed by atoms with Crippen LogP contribution in [0.5, 0.6) is 0 Å². The van der Waals surface area contributed by atoms with Gasteiger partial charge < -0.3 is 15.7 Å². The van der Waals surface area contributed by atoms with Crippen molar-refractivity contribution >= 4 is 17.8 Å². The molecule has 0 aromatic carbocycles. The fourth-order valence-electron chi connectivity index (χ4n) is 2.79. The molecule has 1 fully saturated rings.